The predicted molar refractivity (Wildman–Crippen MR) is 57.9 cm³/mol. The largest absolute Gasteiger partial charge is 0.368 e. The van der Waals surface area contributed by atoms with Crippen LogP contribution >= 0.6 is 0 Å². The molecule has 88 valence electrons. The molecule has 0 saturated heterocycles. The van der Waals surface area contributed by atoms with Gasteiger partial charge in [0.1, 0.15) is 0 Å². The summed E-state index contributed by atoms with van der Waals surface area (Å²) in [6.45, 7) is 4.25. The lowest BCUT2D eigenvalue weighted by molar-refractivity contribution is -0.124. The molecule has 1 atom stereocenters. The van der Waals surface area contributed by atoms with Gasteiger partial charge in [-0.1, -0.05) is 0 Å². The minimum Gasteiger partial charge on any atom is -0.368 e. The van der Waals surface area contributed by atoms with Gasteiger partial charge >= 0.3 is 0 Å². The summed E-state index contributed by atoms with van der Waals surface area (Å²) < 4.78 is 0. The van der Waals surface area contributed by atoms with Gasteiger partial charge in [0.15, 0.2) is 0 Å². The summed E-state index contributed by atoms with van der Waals surface area (Å²) in [6.07, 6.45) is 0. The molecular formula is C9H20N4O2. The van der Waals surface area contributed by atoms with E-state index >= 15 is 0 Å². The van der Waals surface area contributed by atoms with Crippen LogP contribution in [0.3, 0.4) is 0 Å². The summed E-state index contributed by atoms with van der Waals surface area (Å²) in [5, 5.41) is 2.74. The molecule has 0 heterocycles. The average Bonchev–Trinajstić information content (AvgIpc) is 2.00. The van der Waals surface area contributed by atoms with E-state index in [0.717, 1.165) is 0 Å². The summed E-state index contributed by atoms with van der Waals surface area (Å²) in [6, 6.07) is -0.627. The Morgan fingerprint density at radius 3 is 2.33 bits per heavy atom. The fraction of sp³-hybridized carbons (Fsp3) is 0.778. The van der Waals surface area contributed by atoms with Gasteiger partial charge in [-0.15, -0.1) is 0 Å². The van der Waals surface area contributed by atoms with Crippen molar-refractivity contribution in [2.75, 3.05) is 20.1 Å². The summed E-state index contributed by atoms with van der Waals surface area (Å²) in [5.74, 6) is -0.657. The van der Waals surface area contributed by atoms with Gasteiger partial charge in [-0.3, -0.25) is 14.5 Å². The van der Waals surface area contributed by atoms with E-state index in [9.17, 15) is 9.59 Å². The Balaban J connectivity index is 3.87. The molecule has 0 spiro atoms. The number of primary amides is 1. The van der Waals surface area contributed by atoms with Crippen molar-refractivity contribution in [2.24, 2.45) is 11.5 Å². The van der Waals surface area contributed by atoms with Gasteiger partial charge in [0.2, 0.25) is 11.8 Å². The maximum absolute atomic E-state index is 11.3. The normalized spacial score (nSPS) is 12.9. The van der Waals surface area contributed by atoms with Crippen molar-refractivity contribution in [1.82, 2.24) is 10.2 Å². The quantitative estimate of drug-likeness (QED) is 0.490. The van der Waals surface area contributed by atoms with E-state index in [2.05, 4.69) is 5.32 Å². The van der Waals surface area contributed by atoms with Crippen LogP contribution in [0.1, 0.15) is 13.8 Å². The fourth-order valence-corrected chi connectivity index (χ4v) is 1.10. The van der Waals surface area contributed by atoms with Crippen LogP contribution in [-0.2, 0) is 9.59 Å². The predicted octanol–water partition coefficient (Wildman–Crippen LogP) is -1.74. The second-order valence-electron chi connectivity index (χ2n) is 3.93. The maximum Gasteiger partial charge on any atom is 0.235 e. The first-order valence-electron chi connectivity index (χ1n) is 4.85. The van der Waals surface area contributed by atoms with E-state index < -0.39 is 11.9 Å². The van der Waals surface area contributed by atoms with Crippen LogP contribution in [0, 0.1) is 0 Å². The van der Waals surface area contributed by atoms with Gasteiger partial charge in [0.25, 0.3) is 0 Å². The molecule has 6 heteroatoms. The van der Waals surface area contributed by atoms with Gasteiger partial charge in [-0.05, 0) is 20.9 Å². The van der Waals surface area contributed by atoms with Crippen LogP contribution in [-0.4, -0.2) is 48.9 Å². The Hall–Kier alpha value is -1.14. The smallest absolute Gasteiger partial charge is 0.235 e. The molecule has 0 aromatic rings. The second kappa shape index (κ2) is 6.36. The Labute approximate surface area is 90.0 Å². The van der Waals surface area contributed by atoms with E-state index in [1.54, 1.807) is 11.9 Å². The van der Waals surface area contributed by atoms with E-state index in [0.29, 0.717) is 0 Å². The molecule has 0 saturated carbocycles. The summed E-state index contributed by atoms with van der Waals surface area (Å²) in [7, 11) is 1.71. The lowest BCUT2D eigenvalue weighted by Crippen LogP contribution is -2.47. The third kappa shape index (κ3) is 6.87. The van der Waals surface area contributed by atoms with Gasteiger partial charge < -0.3 is 16.8 Å². The molecule has 0 aliphatic heterocycles. The Morgan fingerprint density at radius 2 is 1.93 bits per heavy atom. The number of carbonyl (C=O) groups is 2. The van der Waals surface area contributed by atoms with Crippen molar-refractivity contribution in [3.05, 3.63) is 0 Å². The van der Waals surface area contributed by atoms with E-state index in [-0.39, 0.29) is 25.0 Å². The van der Waals surface area contributed by atoms with E-state index in [4.69, 9.17) is 11.5 Å². The van der Waals surface area contributed by atoms with Crippen molar-refractivity contribution in [1.29, 1.82) is 0 Å². The Kier molecular flexibility index (Phi) is 5.88. The Morgan fingerprint density at radius 1 is 1.40 bits per heavy atom. The monoisotopic (exact) mass is 216 g/mol. The number of hydrogen-bond acceptors (Lipinski definition) is 4. The number of nitrogens with zero attached hydrogens (tertiary/aromatic N) is 1. The number of rotatable bonds is 6. The average molecular weight is 216 g/mol. The molecule has 0 rings (SSSR count). The number of nitrogens with one attached hydrogen (secondary N) is 1. The number of amides is 2. The molecule has 1 unspecified atom stereocenters. The highest BCUT2D eigenvalue weighted by molar-refractivity contribution is 5.80. The highest BCUT2D eigenvalue weighted by atomic mass is 16.2. The molecule has 0 radical (unpaired) electrons. The topological polar surface area (TPSA) is 101 Å². The zero-order chi connectivity index (χ0) is 12.0. The molecule has 6 nitrogen and oxygen atoms in total. The third-order valence-corrected chi connectivity index (χ3v) is 1.74. The Bertz CT molecular complexity index is 230. The van der Waals surface area contributed by atoms with Gasteiger partial charge in [-0.25, -0.2) is 0 Å². The third-order valence-electron chi connectivity index (χ3n) is 1.74. The van der Waals surface area contributed by atoms with Crippen LogP contribution in [0.5, 0.6) is 0 Å². The number of nitrogens with two attached hydrogens (primary N) is 2. The van der Waals surface area contributed by atoms with E-state index in [1.807, 2.05) is 13.8 Å². The van der Waals surface area contributed by atoms with Gasteiger partial charge in [-0.2, -0.15) is 0 Å². The minimum absolute atomic E-state index is 0.0934. The van der Waals surface area contributed by atoms with E-state index in [1.165, 1.54) is 0 Å². The highest BCUT2D eigenvalue weighted by Gasteiger charge is 2.14. The molecule has 0 aromatic carbocycles. The van der Waals surface area contributed by atoms with Crippen LogP contribution in [0.15, 0.2) is 0 Å². The standard InChI is InChI=1S/C9H20N4O2/c1-6(2)12-8(14)5-13(3)4-7(10)9(11)15/h6-7H,4-5,10H2,1-3H3,(H2,11,15)(H,12,14). The zero-order valence-electron chi connectivity index (χ0n) is 9.49. The molecule has 0 fully saturated rings. The van der Waals surface area contributed by atoms with Crippen LogP contribution < -0.4 is 16.8 Å². The summed E-state index contributed by atoms with van der Waals surface area (Å²) >= 11 is 0. The molecule has 2 amide bonds. The fourth-order valence-electron chi connectivity index (χ4n) is 1.10. The van der Waals surface area contributed by atoms with Crippen molar-refractivity contribution in [3.63, 3.8) is 0 Å². The molecule has 0 aromatic heterocycles. The SMILES string of the molecule is CC(C)NC(=O)CN(C)CC(N)C(N)=O. The number of carbonyl (C=O) groups excluding carboxylic acids is 2. The first kappa shape index (κ1) is 13.9. The van der Waals surface area contributed by atoms with Crippen molar-refractivity contribution >= 4 is 11.8 Å². The summed E-state index contributed by atoms with van der Waals surface area (Å²) in [4.78, 5) is 23.6. The van der Waals surface area contributed by atoms with Crippen LogP contribution in [0.4, 0.5) is 0 Å². The van der Waals surface area contributed by atoms with Crippen LogP contribution in [0.25, 0.3) is 0 Å². The minimum atomic E-state index is -0.734. The van der Waals surface area contributed by atoms with Gasteiger partial charge in [0, 0.05) is 12.6 Å². The molecule has 0 aliphatic rings. The van der Waals surface area contributed by atoms with Crippen LogP contribution in [0.2, 0.25) is 0 Å². The molecule has 0 bridgehead atoms. The maximum atomic E-state index is 11.3. The number of likely N-dealkylation sites (N-methyl/N-ethyl adjacent to an activating group) is 1. The summed E-state index contributed by atoms with van der Waals surface area (Å²) in [5.41, 5.74) is 10.5. The molecule has 0 aliphatic carbocycles. The first-order chi connectivity index (χ1) is 6.82. The molecule has 15 heavy (non-hydrogen) atoms. The molecule has 5 N–H and O–H groups in total. The first-order valence-corrected chi connectivity index (χ1v) is 4.85. The highest BCUT2D eigenvalue weighted by Crippen LogP contribution is 1.87. The molecular weight excluding hydrogens is 196 g/mol. The lowest BCUT2D eigenvalue weighted by Gasteiger charge is -2.19. The van der Waals surface area contributed by atoms with Crippen molar-refractivity contribution in [2.45, 2.75) is 25.9 Å². The van der Waals surface area contributed by atoms with Crippen molar-refractivity contribution < 1.29 is 9.59 Å². The van der Waals surface area contributed by atoms with Gasteiger partial charge in [0.05, 0.1) is 12.6 Å². The second-order valence-corrected chi connectivity index (χ2v) is 3.93. The number of hydrogen-bond donors (Lipinski definition) is 3. The zero-order valence-corrected chi connectivity index (χ0v) is 9.49. The van der Waals surface area contributed by atoms with Crippen molar-refractivity contribution in [3.8, 4) is 0 Å². The lowest BCUT2D eigenvalue weighted by atomic mass is 10.3.